The first kappa shape index (κ1) is 15.0. The molecule has 0 aliphatic rings. The fourth-order valence-electron chi connectivity index (χ4n) is 1.67. The van der Waals surface area contributed by atoms with E-state index in [0.29, 0.717) is 20.6 Å². The molecule has 0 heterocycles. The predicted octanol–water partition coefficient (Wildman–Crippen LogP) is 4.48. The topological polar surface area (TPSA) is 29.1 Å². The summed E-state index contributed by atoms with van der Waals surface area (Å²) in [6, 6.07) is 9.83. The Morgan fingerprint density at radius 2 is 2.05 bits per heavy atom. The highest BCUT2D eigenvalue weighted by atomic mass is 79.9. The summed E-state index contributed by atoms with van der Waals surface area (Å²) in [5.41, 5.74) is 1.80. The number of carbonyl (C=O) groups is 1. The Morgan fingerprint density at radius 3 is 2.70 bits per heavy atom. The van der Waals surface area contributed by atoms with Gasteiger partial charge in [-0.1, -0.05) is 23.7 Å². The zero-order chi connectivity index (χ0) is 14.7. The molecule has 0 radical (unpaired) electrons. The van der Waals surface area contributed by atoms with Crippen LogP contribution in [-0.4, -0.2) is 5.91 Å². The SMILES string of the molecule is Cc1ccc(CNC(=O)c2ccc(Cl)c(Br)c2)cc1F. The van der Waals surface area contributed by atoms with Gasteiger partial charge in [0.2, 0.25) is 0 Å². The number of halogens is 3. The second kappa shape index (κ2) is 6.37. The van der Waals surface area contributed by atoms with E-state index < -0.39 is 0 Å². The summed E-state index contributed by atoms with van der Waals surface area (Å²) in [5, 5.41) is 3.28. The standard InChI is InChI=1S/C15H12BrClFNO/c1-9-2-3-10(6-14(9)18)8-19-15(20)11-4-5-13(17)12(16)7-11/h2-7H,8H2,1H3,(H,19,20). The second-order valence-corrected chi connectivity index (χ2v) is 5.66. The average Bonchev–Trinajstić information content (AvgIpc) is 2.43. The molecule has 0 atom stereocenters. The van der Waals surface area contributed by atoms with Crippen LogP contribution >= 0.6 is 27.5 Å². The maximum Gasteiger partial charge on any atom is 0.251 e. The Morgan fingerprint density at radius 1 is 1.30 bits per heavy atom. The molecule has 0 saturated heterocycles. The molecule has 2 aromatic carbocycles. The minimum atomic E-state index is -0.272. The molecule has 2 nitrogen and oxygen atoms in total. The van der Waals surface area contributed by atoms with Crippen molar-refractivity contribution < 1.29 is 9.18 Å². The average molecular weight is 357 g/mol. The third kappa shape index (κ3) is 3.58. The van der Waals surface area contributed by atoms with Gasteiger partial charge in [0.05, 0.1) is 5.02 Å². The predicted molar refractivity (Wildman–Crippen MR) is 81.5 cm³/mol. The van der Waals surface area contributed by atoms with Gasteiger partial charge in [-0.2, -0.15) is 0 Å². The van der Waals surface area contributed by atoms with Crippen molar-refractivity contribution in [3.63, 3.8) is 0 Å². The molecule has 2 aromatic rings. The van der Waals surface area contributed by atoms with Crippen molar-refractivity contribution in [3.8, 4) is 0 Å². The first-order chi connectivity index (χ1) is 9.47. The lowest BCUT2D eigenvalue weighted by atomic mass is 10.1. The lowest BCUT2D eigenvalue weighted by molar-refractivity contribution is 0.0951. The van der Waals surface area contributed by atoms with Crippen LogP contribution in [0.1, 0.15) is 21.5 Å². The van der Waals surface area contributed by atoms with E-state index in [9.17, 15) is 9.18 Å². The van der Waals surface area contributed by atoms with Crippen LogP contribution in [0.25, 0.3) is 0 Å². The van der Waals surface area contributed by atoms with Crippen molar-refractivity contribution in [1.29, 1.82) is 0 Å². The molecule has 20 heavy (non-hydrogen) atoms. The fraction of sp³-hybridized carbons (Fsp3) is 0.133. The summed E-state index contributed by atoms with van der Waals surface area (Å²) in [7, 11) is 0. The van der Waals surface area contributed by atoms with Gasteiger partial charge in [-0.05, 0) is 58.2 Å². The van der Waals surface area contributed by atoms with Gasteiger partial charge >= 0.3 is 0 Å². The van der Waals surface area contributed by atoms with Crippen molar-refractivity contribution in [2.45, 2.75) is 13.5 Å². The molecule has 0 unspecified atom stereocenters. The number of nitrogens with one attached hydrogen (secondary N) is 1. The molecule has 1 amide bonds. The summed E-state index contributed by atoms with van der Waals surface area (Å²) < 4.78 is 14.1. The number of benzene rings is 2. The molecule has 1 N–H and O–H groups in total. The van der Waals surface area contributed by atoms with E-state index in [1.807, 2.05) is 0 Å². The summed E-state index contributed by atoms with van der Waals surface area (Å²) >= 11 is 9.14. The summed E-state index contributed by atoms with van der Waals surface area (Å²) in [6.07, 6.45) is 0. The van der Waals surface area contributed by atoms with Crippen molar-refractivity contribution in [3.05, 3.63) is 68.4 Å². The fourth-order valence-corrected chi connectivity index (χ4v) is 2.16. The molecule has 0 aromatic heterocycles. The Hall–Kier alpha value is -1.39. The minimum absolute atomic E-state index is 0.233. The van der Waals surface area contributed by atoms with Gasteiger partial charge < -0.3 is 5.32 Å². The highest BCUT2D eigenvalue weighted by Gasteiger charge is 2.08. The van der Waals surface area contributed by atoms with Crippen molar-refractivity contribution in [2.24, 2.45) is 0 Å². The summed E-state index contributed by atoms with van der Waals surface area (Å²) in [5.74, 6) is -0.505. The van der Waals surface area contributed by atoms with Crippen LogP contribution in [-0.2, 0) is 6.54 Å². The lowest BCUT2D eigenvalue weighted by Gasteiger charge is -2.07. The van der Waals surface area contributed by atoms with Crippen LogP contribution in [0.15, 0.2) is 40.9 Å². The van der Waals surface area contributed by atoms with Crippen LogP contribution in [0, 0.1) is 12.7 Å². The van der Waals surface area contributed by atoms with Gasteiger partial charge in [0.15, 0.2) is 0 Å². The van der Waals surface area contributed by atoms with Crippen LogP contribution in [0.4, 0.5) is 4.39 Å². The van der Waals surface area contributed by atoms with Crippen LogP contribution < -0.4 is 5.32 Å². The largest absolute Gasteiger partial charge is 0.348 e. The Balaban J connectivity index is 2.04. The lowest BCUT2D eigenvalue weighted by Crippen LogP contribution is -2.22. The van der Waals surface area contributed by atoms with E-state index in [0.717, 1.165) is 5.56 Å². The highest BCUT2D eigenvalue weighted by molar-refractivity contribution is 9.10. The van der Waals surface area contributed by atoms with Crippen molar-refractivity contribution in [1.82, 2.24) is 5.32 Å². The number of rotatable bonds is 3. The molecule has 104 valence electrons. The summed E-state index contributed by atoms with van der Waals surface area (Å²) in [4.78, 5) is 12.0. The third-order valence-corrected chi connectivity index (χ3v) is 4.09. The Kier molecular flexibility index (Phi) is 4.78. The minimum Gasteiger partial charge on any atom is -0.348 e. The van der Waals surface area contributed by atoms with Gasteiger partial charge in [-0.25, -0.2) is 4.39 Å². The van der Waals surface area contributed by atoms with Gasteiger partial charge in [0.25, 0.3) is 5.91 Å². The Labute approximate surface area is 130 Å². The molecule has 2 rings (SSSR count). The highest BCUT2D eigenvalue weighted by Crippen LogP contribution is 2.23. The van der Waals surface area contributed by atoms with Crippen molar-refractivity contribution in [2.75, 3.05) is 0 Å². The first-order valence-corrected chi connectivity index (χ1v) is 7.13. The maximum atomic E-state index is 13.4. The zero-order valence-electron chi connectivity index (χ0n) is 10.7. The molecular weight excluding hydrogens is 345 g/mol. The third-order valence-electron chi connectivity index (χ3n) is 2.87. The molecular formula is C15H12BrClFNO. The van der Waals surface area contributed by atoms with Gasteiger partial charge in [-0.3, -0.25) is 4.79 Å². The van der Waals surface area contributed by atoms with E-state index in [2.05, 4.69) is 21.2 Å². The Bertz CT molecular complexity index is 660. The van der Waals surface area contributed by atoms with E-state index >= 15 is 0 Å². The van der Waals surface area contributed by atoms with E-state index in [4.69, 9.17) is 11.6 Å². The van der Waals surface area contributed by atoms with Crippen molar-refractivity contribution >= 4 is 33.4 Å². The summed E-state index contributed by atoms with van der Waals surface area (Å²) in [6.45, 7) is 1.97. The van der Waals surface area contributed by atoms with Gasteiger partial charge in [0, 0.05) is 16.6 Å². The van der Waals surface area contributed by atoms with Crippen LogP contribution in [0.3, 0.4) is 0 Å². The number of hydrogen-bond acceptors (Lipinski definition) is 1. The maximum absolute atomic E-state index is 13.4. The van der Waals surface area contributed by atoms with E-state index in [-0.39, 0.29) is 18.3 Å². The van der Waals surface area contributed by atoms with Crippen LogP contribution in [0.2, 0.25) is 5.02 Å². The molecule has 0 fully saturated rings. The number of amides is 1. The smallest absolute Gasteiger partial charge is 0.251 e. The van der Waals surface area contributed by atoms with E-state index in [1.54, 1.807) is 37.3 Å². The van der Waals surface area contributed by atoms with E-state index in [1.165, 1.54) is 6.07 Å². The molecule has 5 heteroatoms. The molecule has 0 aliphatic carbocycles. The molecule has 0 spiro atoms. The first-order valence-electron chi connectivity index (χ1n) is 5.95. The molecule has 0 bridgehead atoms. The normalized spacial score (nSPS) is 10.4. The number of aryl methyl sites for hydroxylation is 1. The number of hydrogen-bond donors (Lipinski definition) is 1. The van der Waals surface area contributed by atoms with Gasteiger partial charge in [0.1, 0.15) is 5.82 Å². The van der Waals surface area contributed by atoms with Crippen LogP contribution in [0.5, 0.6) is 0 Å². The molecule has 0 saturated carbocycles. The van der Waals surface area contributed by atoms with Gasteiger partial charge in [-0.15, -0.1) is 0 Å². The zero-order valence-corrected chi connectivity index (χ0v) is 13.1. The molecule has 0 aliphatic heterocycles. The second-order valence-electron chi connectivity index (χ2n) is 4.40. The monoisotopic (exact) mass is 355 g/mol. The quantitative estimate of drug-likeness (QED) is 0.863. The number of carbonyl (C=O) groups excluding carboxylic acids is 1.